The molecule has 1 saturated heterocycles. The van der Waals surface area contributed by atoms with Crippen LogP contribution in [0.15, 0.2) is 12.4 Å². The van der Waals surface area contributed by atoms with Crippen LogP contribution < -0.4 is 5.73 Å². The number of amides is 1. The third-order valence-electron chi connectivity index (χ3n) is 2.17. The smallest absolute Gasteiger partial charge is 0.251 e. The Morgan fingerprint density at radius 1 is 1.77 bits per heavy atom. The number of rotatable bonds is 2. The Bertz CT molecular complexity index is 315. The van der Waals surface area contributed by atoms with Crippen molar-refractivity contribution in [3.63, 3.8) is 0 Å². The number of carbonyl (C=O) groups excluding carboxylic acids is 1. The monoisotopic (exact) mass is 181 g/mol. The first-order chi connectivity index (χ1) is 6.27. The van der Waals surface area contributed by atoms with Crippen molar-refractivity contribution in [1.82, 2.24) is 9.78 Å². The largest absolute Gasteiger partial charge is 0.379 e. The molecule has 0 saturated carbocycles. The molecule has 1 aliphatic heterocycles. The van der Waals surface area contributed by atoms with Gasteiger partial charge in [0.15, 0.2) is 0 Å². The molecule has 0 aliphatic carbocycles. The number of carbonyl (C=O) groups is 1. The minimum atomic E-state index is -0.440. The van der Waals surface area contributed by atoms with E-state index < -0.39 is 5.91 Å². The molecule has 1 aliphatic rings. The summed E-state index contributed by atoms with van der Waals surface area (Å²) in [5, 5.41) is 4.06. The van der Waals surface area contributed by atoms with Crippen LogP contribution in [0, 0.1) is 0 Å². The van der Waals surface area contributed by atoms with Crippen molar-refractivity contribution < 1.29 is 9.53 Å². The van der Waals surface area contributed by atoms with Crippen LogP contribution >= 0.6 is 0 Å². The summed E-state index contributed by atoms with van der Waals surface area (Å²) in [6.07, 6.45) is 4.10. The van der Waals surface area contributed by atoms with E-state index in [0.717, 1.165) is 13.0 Å². The molecule has 0 spiro atoms. The first kappa shape index (κ1) is 8.25. The van der Waals surface area contributed by atoms with Crippen LogP contribution in [-0.4, -0.2) is 28.9 Å². The van der Waals surface area contributed by atoms with Crippen LogP contribution in [0.25, 0.3) is 0 Å². The lowest BCUT2D eigenvalue weighted by Gasteiger charge is -2.06. The Morgan fingerprint density at radius 3 is 3.15 bits per heavy atom. The first-order valence-electron chi connectivity index (χ1n) is 4.19. The van der Waals surface area contributed by atoms with Gasteiger partial charge in [0, 0.05) is 12.8 Å². The van der Waals surface area contributed by atoms with Gasteiger partial charge in [-0.05, 0) is 6.42 Å². The summed E-state index contributed by atoms with van der Waals surface area (Å²) in [6.45, 7) is 1.43. The Hall–Kier alpha value is -1.36. The molecule has 13 heavy (non-hydrogen) atoms. The molecule has 0 aromatic carbocycles. The van der Waals surface area contributed by atoms with Crippen molar-refractivity contribution in [2.75, 3.05) is 13.2 Å². The van der Waals surface area contributed by atoms with Crippen molar-refractivity contribution in [3.05, 3.63) is 18.0 Å². The van der Waals surface area contributed by atoms with Gasteiger partial charge in [0.25, 0.3) is 5.91 Å². The van der Waals surface area contributed by atoms with E-state index in [1.165, 1.54) is 6.20 Å². The van der Waals surface area contributed by atoms with Gasteiger partial charge in [-0.1, -0.05) is 0 Å². The molecule has 1 aromatic rings. The summed E-state index contributed by atoms with van der Waals surface area (Å²) in [7, 11) is 0. The van der Waals surface area contributed by atoms with Gasteiger partial charge in [-0.3, -0.25) is 9.48 Å². The summed E-state index contributed by atoms with van der Waals surface area (Å²) < 4.78 is 6.95. The molecule has 1 fully saturated rings. The first-order valence-corrected chi connectivity index (χ1v) is 4.19. The van der Waals surface area contributed by atoms with E-state index in [9.17, 15) is 4.79 Å². The summed E-state index contributed by atoms with van der Waals surface area (Å²) in [5.41, 5.74) is 5.55. The maximum Gasteiger partial charge on any atom is 0.251 e. The molecule has 5 heteroatoms. The van der Waals surface area contributed by atoms with Gasteiger partial charge in [0.05, 0.1) is 24.4 Å². The molecular formula is C8H11N3O2. The Labute approximate surface area is 75.5 Å². The molecule has 1 aromatic heterocycles. The van der Waals surface area contributed by atoms with Crippen molar-refractivity contribution in [2.24, 2.45) is 5.73 Å². The molecule has 1 atom stereocenters. The van der Waals surface area contributed by atoms with Crippen LogP contribution in [0.2, 0.25) is 0 Å². The molecule has 2 heterocycles. The zero-order valence-corrected chi connectivity index (χ0v) is 7.14. The van der Waals surface area contributed by atoms with E-state index in [1.807, 2.05) is 0 Å². The predicted molar refractivity (Wildman–Crippen MR) is 45.2 cm³/mol. The average Bonchev–Trinajstić information content (AvgIpc) is 2.75. The minimum absolute atomic E-state index is 0.257. The molecule has 70 valence electrons. The highest BCUT2D eigenvalue weighted by molar-refractivity contribution is 5.92. The van der Waals surface area contributed by atoms with Crippen LogP contribution in [-0.2, 0) is 4.74 Å². The van der Waals surface area contributed by atoms with E-state index in [0.29, 0.717) is 12.2 Å². The lowest BCUT2D eigenvalue weighted by Crippen LogP contribution is -2.11. The lowest BCUT2D eigenvalue weighted by molar-refractivity contribution is 0.1000. The van der Waals surface area contributed by atoms with Crippen LogP contribution in [0.1, 0.15) is 22.8 Å². The van der Waals surface area contributed by atoms with Gasteiger partial charge in [-0.25, -0.2) is 0 Å². The van der Waals surface area contributed by atoms with E-state index >= 15 is 0 Å². The molecule has 2 N–H and O–H groups in total. The second kappa shape index (κ2) is 3.18. The van der Waals surface area contributed by atoms with E-state index in [4.69, 9.17) is 10.5 Å². The van der Waals surface area contributed by atoms with Gasteiger partial charge >= 0.3 is 0 Å². The van der Waals surface area contributed by atoms with Crippen molar-refractivity contribution >= 4 is 5.91 Å². The number of hydrogen-bond donors (Lipinski definition) is 1. The summed E-state index contributed by atoms with van der Waals surface area (Å²) >= 11 is 0. The number of hydrogen-bond acceptors (Lipinski definition) is 3. The van der Waals surface area contributed by atoms with E-state index in [1.54, 1.807) is 10.9 Å². The van der Waals surface area contributed by atoms with Crippen LogP contribution in [0.3, 0.4) is 0 Å². The quantitative estimate of drug-likeness (QED) is 0.695. The summed E-state index contributed by atoms with van der Waals surface area (Å²) in [5.74, 6) is -0.440. The number of primary amides is 1. The third-order valence-corrected chi connectivity index (χ3v) is 2.17. The summed E-state index contributed by atoms with van der Waals surface area (Å²) in [4.78, 5) is 10.8. The summed E-state index contributed by atoms with van der Waals surface area (Å²) in [6, 6.07) is 0.257. The number of nitrogens with zero attached hydrogens (tertiary/aromatic N) is 2. The average molecular weight is 181 g/mol. The molecular weight excluding hydrogens is 170 g/mol. The van der Waals surface area contributed by atoms with Gasteiger partial charge in [0.2, 0.25) is 0 Å². The number of aromatic nitrogens is 2. The molecule has 5 nitrogen and oxygen atoms in total. The van der Waals surface area contributed by atoms with Gasteiger partial charge in [-0.15, -0.1) is 0 Å². The minimum Gasteiger partial charge on any atom is -0.379 e. The third kappa shape index (κ3) is 1.55. The van der Waals surface area contributed by atoms with Gasteiger partial charge in [-0.2, -0.15) is 5.10 Å². The van der Waals surface area contributed by atoms with Crippen molar-refractivity contribution in [3.8, 4) is 0 Å². The predicted octanol–water partition coefficient (Wildman–Crippen LogP) is -0.0566. The highest BCUT2D eigenvalue weighted by Gasteiger charge is 2.18. The second-order valence-electron chi connectivity index (χ2n) is 3.09. The van der Waals surface area contributed by atoms with Crippen LogP contribution in [0.4, 0.5) is 0 Å². The molecule has 1 amide bonds. The molecule has 1 unspecified atom stereocenters. The zero-order valence-electron chi connectivity index (χ0n) is 7.14. The maximum atomic E-state index is 10.8. The van der Waals surface area contributed by atoms with E-state index in [-0.39, 0.29) is 6.04 Å². The fraction of sp³-hybridized carbons (Fsp3) is 0.500. The fourth-order valence-electron chi connectivity index (χ4n) is 1.40. The normalized spacial score (nSPS) is 22.0. The topological polar surface area (TPSA) is 70.1 Å². The lowest BCUT2D eigenvalue weighted by atomic mass is 10.3. The van der Waals surface area contributed by atoms with Crippen LogP contribution in [0.5, 0.6) is 0 Å². The van der Waals surface area contributed by atoms with E-state index in [2.05, 4.69) is 5.10 Å². The Morgan fingerprint density at radius 2 is 2.62 bits per heavy atom. The Balaban J connectivity index is 2.16. The zero-order chi connectivity index (χ0) is 9.26. The van der Waals surface area contributed by atoms with Crippen molar-refractivity contribution in [1.29, 1.82) is 0 Å². The SMILES string of the molecule is NC(=O)c1cnn(C2CCOC2)c1. The Kier molecular flexibility index (Phi) is 2.02. The standard InChI is InChI=1S/C8H11N3O2/c9-8(12)6-3-10-11(4-6)7-1-2-13-5-7/h3-4,7H,1-2,5H2,(H2,9,12). The number of nitrogens with two attached hydrogens (primary N) is 1. The highest BCUT2D eigenvalue weighted by Crippen LogP contribution is 2.17. The molecule has 0 bridgehead atoms. The second-order valence-corrected chi connectivity index (χ2v) is 3.09. The molecule has 2 rings (SSSR count). The highest BCUT2D eigenvalue weighted by atomic mass is 16.5. The fourth-order valence-corrected chi connectivity index (χ4v) is 1.40. The van der Waals surface area contributed by atoms with Gasteiger partial charge in [0.1, 0.15) is 0 Å². The number of ether oxygens (including phenoxy) is 1. The van der Waals surface area contributed by atoms with Gasteiger partial charge < -0.3 is 10.5 Å². The van der Waals surface area contributed by atoms with Crippen molar-refractivity contribution in [2.45, 2.75) is 12.5 Å². The molecule has 0 radical (unpaired) electrons. The maximum absolute atomic E-state index is 10.8.